The van der Waals surface area contributed by atoms with Gasteiger partial charge in [0.2, 0.25) is 5.91 Å². The maximum atomic E-state index is 10.3. The third kappa shape index (κ3) is 9.24. The number of carbonyl (C=O) groups excluding carboxylic acids is 1. The lowest BCUT2D eigenvalue weighted by atomic mass is 10.3. The molecule has 0 atom stereocenters. The quantitative estimate of drug-likeness (QED) is 0.665. The van der Waals surface area contributed by atoms with Crippen molar-refractivity contribution in [2.24, 2.45) is 0 Å². The van der Waals surface area contributed by atoms with Crippen LogP contribution in [0.1, 0.15) is 27.7 Å². The van der Waals surface area contributed by atoms with E-state index in [0.29, 0.717) is 5.03 Å². The highest BCUT2D eigenvalue weighted by atomic mass is 35.5. The maximum Gasteiger partial charge on any atom is 0.220 e. The highest BCUT2D eigenvalue weighted by Gasteiger charge is 1.90. The average molecular weight is 190 g/mol. The van der Waals surface area contributed by atoms with Crippen molar-refractivity contribution in [1.29, 1.82) is 0 Å². The number of hydrogen-bond donors (Lipinski definition) is 1. The first kappa shape index (κ1) is 13.8. The maximum absolute atomic E-state index is 10.3. The molecule has 0 spiro atoms. The summed E-state index contributed by atoms with van der Waals surface area (Å²) in [4.78, 5) is 10.3. The number of amides is 1. The number of halogens is 1. The van der Waals surface area contributed by atoms with E-state index in [4.69, 9.17) is 11.6 Å². The Morgan fingerprint density at radius 1 is 1.42 bits per heavy atom. The minimum Gasteiger partial charge on any atom is -0.333 e. The highest BCUT2D eigenvalue weighted by Crippen LogP contribution is 2.08. The van der Waals surface area contributed by atoms with Gasteiger partial charge in [-0.2, -0.15) is 0 Å². The molecule has 12 heavy (non-hydrogen) atoms. The van der Waals surface area contributed by atoms with Crippen molar-refractivity contribution in [2.75, 3.05) is 0 Å². The first-order chi connectivity index (χ1) is 5.54. The summed E-state index contributed by atoms with van der Waals surface area (Å²) in [5.74, 6) is -0.114. The molecule has 0 bridgehead atoms. The second-order valence-corrected chi connectivity index (χ2v) is 2.39. The summed E-state index contributed by atoms with van der Waals surface area (Å²) in [5, 5.41) is 2.92. The van der Waals surface area contributed by atoms with Gasteiger partial charge in [0.05, 0.1) is 0 Å². The molecule has 0 unspecified atom stereocenters. The number of carbonyl (C=O) groups is 1. The Balaban J connectivity index is 0. The Morgan fingerprint density at radius 3 is 2.08 bits per heavy atom. The van der Waals surface area contributed by atoms with E-state index in [2.05, 4.69) is 11.9 Å². The first-order valence-corrected chi connectivity index (χ1v) is 4.20. The van der Waals surface area contributed by atoms with Gasteiger partial charge in [0.25, 0.3) is 0 Å². The van der Waals surface area contributed by atoms with E-state index in [1.807, 2.05) is 13.8 Å². The lowest BCUT2D eigenvalue weighted by Crippen LogP contribution is -2.12. The number of allylic oxidation sites excluding steroid dienone is 2. The van der Waals surface area contributed by atoms with E-state index < -0.39 is 0 Å². The number of hydrogen-bond acceptors (Lipinski definition) is 1. The zero-order valence-corrected chi connectivity index (χ0v) is 8.83. The predicted molar refractivity (Wildman–Crippen MR) is 53.9 cm³/mol. The smallest absolute Gasteiger partial charge is 0.220 e. The first-order valence-electron chi connectivity index (χ1n) is 3.82. The molecule has 3 heteroatoms. The molecule has 0 heterocycles. The fourth-order valence-electron chi connectivity index (χ4n) is 0.288. The molecule has 0 aromatic rings. The van der Waals surface area contributed by atoms with E-state index in [0.717, 1.165) is 5.57 Å². The molecule has 1 amide bonds. The fourth-order valence-corrected chi connectivity index (χ4v) is 0.343. The van der Waals surface area contributed by atoms with Crippen LogP contribution in [0, 0.1) is 0 Å². The van der Waals surface area contributed by atoms with Gasteiger partial charge in [-0.1, -0.05) is 32.0 Å². The van der Waals surface area contributed by atoms with Gasteiger partial charge in [0, 0.05) is 18.2 Å². The van der Waals surface area contributed by atoms with Crippen molar-refractivity contribution < 1.29 is 4.79 Å². The molecule has 0 aliphatic carbocycles. The minimum absolute atomic E-state index is 0.114. The largest absolute Gasteiger partial charge is 0.333 e. The summed E-state index contributed by atoms with van der Waals surface area (Å²) in [6.07, 6.45) is 1.53. The molecular formula is C9H16ClNO. The van der Waals surface area contributed by atoms with Gasteiger partial charge in [-0.25, -0.2) is 0 Å². The van der Waals surface area contributed by atoms with E-state index in [1.165, 1.54) is 13.1 Å². The third-order valence-corrected chi connectivity index (χ3v) is 1.22. The lowest BCUT2D eigenvalue weighted by Gasteiger charge is -1.96. The van der Waals surface area contributed by atoms with E-state index in [-0.39, 0.29) is 5.91 Å². The minimum atomic E-state index is -0.114. The van der Waals surface area contributed by atoms with Gasteiger partial charge in [0.15, 0.2) is 0 Å². The Kier molecular flexibility index (Phi) is 9.59. The van der Waals surface area contributed by atoms with E-state index in [1.54, 1.807) is 6.92 Å². The predicted octanol–water partition coefficient (Wildman–Crippen LogP) is 2.81. The summed E-state index contributed by atoms with van der Waals surface area (Å²) < 4.78 is 0. The Hall–Kier alpha value is -0.760. The van der Waals surface area contributed by atoms with Crippen molar-refractivity contribution in [3.05, 3.63) is 23.4 Å². The second kappa shape index (κ2) is 8.34. The fraction of sp³-hybridized carbons (Fsp3) is 0.444. The summed E-state index contributed by atoms with van der Waals surface area (Å²) in [6.45, 7) is 10.7. The summed E-state index contributed by atoms with van der Waals surface area (Å²) in [7, 11) is 0. The molecule has 0 aliphatic rings. The molecule has 0 aromatic heterocycles. The normalized spacial score (nSPS) is 9.58. The molecule has 2 nitrogen and oxygen atoms in total. The zero-order valence-electron chi connectivity index (χ0n) is 8.07. The monoisotopic (exact) mass is 189 g/mol. The van der Waals surface area contributed by atoms with Crippen LogP contribution >= 0.6 is 11.6 Å². The Labute approximate surface area is 79.3 Å². The van der Waals surface area contributed by atoms with Crippen molar-refractivity contribution in [3.8, 4) is 0 Å². The van der Waals surface area contributed by atoms with Crippen LogP contribution in [0.3, 0.4) is 0 Å². The summed E-state index contributed by atoms with van der Waals surface area (Å²) in [6, 6.07) is 0. The van der Waals surface area contributed by atoms with Crippen molar-refractivity contribution in [3.63, 3.8) is 0 Å². The van der Waals surface area contributed by atoms with Gasteiger partial charge >= 0.3 is 0 Å². The van der Waals surface area contributed by atoms with Crippen LogP contribution in [0.4, 0.5) is 0 Å². The van der Waals surface area contributed by atoms with Crippen molar-refractivity contribution in [2.45, 2.75) is 27.7 Å². The molecule has 0 saturated carbocycles. The van der Waals surface area contributed by atoms with Gasteiger partial charge in [-0.3, -0.25) is 4.79 Å². The molecule has 1 N–H and O–H groups in total. The Morgan fingerprint density at radius 2 is 1.83 bits per heavy atom. The van der Waals surface area contributed by atoms with Crippen LogP contribution < -0.4 is 5.32 Å². The molecule has 0 saturated heterocycles. The van der Waals surface area contributed by atoms with E-state index in [9.17, 15) is 4.79 Å². The van der Waals surface area contributed by atoms with Gasteiger partial charge in [-0.05, 0) is 12.5 Å². The van der Waals surface area contributed by atoms with Crippen LogP contribution in [0.25, 0.3) is 0 Å². The van der Waals surface area contributed by atoms with E-state index >= 15 is 0 Å². The average Bonchev–Trinajstić information content (AvgIpc) is 2.03. The van der Waals surface area contributed by atoms with Crippen LogP contribution in [-0.4, -0.2) is 5.91 Å². The van der Waals surface area contributed by atoms with Gasteiger partial charge in [-0.15, -0.1) is 0 Å². The topological polar surface area (TPSA) is 29.1 Å². The van der Waals surface area contributed by atoms with Crippen LogP contribution in [-0.2, 0) is 4.79 Å². The van der Waals surface area contributed by atoms with Crippen molar-refractivity contribution >= 4 is 17.5 Å². The number of rotatable bonds is 2. The molecule has 0 aliphatic heterocycles. The zero-order chi connectivity index (χ0) is 10.1. The molecule has 0 fully saturated rings. The lowest BCUT2D eigenvalue weighted by molar-refractivity contribution is -0.118. The highest BCUT2D eigenvalue weighted by molar-refractivity contribution is 6.31. The van der Waals surface area contributed by atoms with Gasteiger partial charge in [0.1, 0.15) is 0 Å². The van der Waals surface area contributed by atoms with Crippen molar-refractivity contribution in [1.82, 2.24) is 5.32 Å². The summed E-state index contributed by atoms with van der Waals surface area (Å²) >= 11 is 5.50. The third-order valence-electron chi connectivity index (χ3n) is 0.920. The van der Waals surface area contributed by atoms with Crippen LogP contribution in [0.15, 0.2) is 23.4 Å². The van der Waals surface area contributed by atoms with Crippen LogP contribution in [0.2, 0.25) is 0 Å². The molecule has 0 aromatic carbocycles. The second-order valence-electron chi connectivity index (χ2n) is 1.93. The molecule has 70 valence electrons. The SMILES string of the molecule is C=C(Cl)/C(C)=C/NC(C)=O.CC. The van der Waals surface area contributed by atoms with Crippen LogP contribution in [0.5, 0.6) is 0 Å². The van der Waals surface area contributed by atoms with Gasteiger partial charge < -0.3 is 5.32 Å². The standard InChI is InChI=1S/C7H10ClNO.C2H6/c1-5(6(2)8)4-9-7(3)10;1-2/h4H,2H2,1,3H3,(H,9,10);1-2H3/b5-4+;. The molecular weight excluding hydrogens is 174 g/mol. The Bertz CT molecular complexity index is 185. The number of nitrogens with one attached hydrogen (secondary N) is 1. The molecule has 0 radical (unpaired) electrons. The summed E-state index contributed by atoms with van der Waals surface area (Å²) in [5.41, 5.74) is 0.761. The molecule has 0 rings (SSSR count).